The van der Waals surface area contributed by atoms with Crippen LogP contribution in [-0.2, 0) is 0 Å². The lowest BCUT2D eigenvalue weighted by atomic mass is 10.0. The molecule has 4 heteroatoms. The molecule has 106 valence electrons. The zero-order valence-electron chi connectivity index (χ0n) is 11.7. The number of benzene rings is 1. The molecule has 1 heterocycles. The first-order chi connectivity index (χ1) is 9.06. The highest BCUT2D eigenvalue weighted by molar-refractivity contribution is 5.18. The van der Waals surface area contributed by atoms with Crippen molar-refractivity contribution >= 4 is 0 Å². The van der Waals surface area contributed by atoms with E-state index in [0.29, 0.717) is 12.6 Å². The van der Waals surface area contributed by atoms with Crippen LogP contribution in [0, 0.1) is 5.82 Å². The maximum absolute atomic E-state index is 12.9. The van der Waals surface area contributed by atoms with Crippen molar-refractivity contribution < 1.29 is 9.50 Å². The SMILES string of the molecule is CN(C)C1CCCN(CC(O)c2ccc(F)cc2)C1. The molecule has 0 saturated carbocycles. The fourth-order valence-corrected chi connectivity index (χ4v) is 2.65. The summed E-state index contributed by atoms with van der Waals surface area (Å²) in [4.78, 5) is 4.54. The molecule has 19 heavy (non-hydrogen) atoms. The van der Waals surface area contributed by atoms with E-state index in [-0.39, 0.29) is 5.82 Å². The van der Waals surface area contributed by atoms with Crippen molar-refractivity contribution in [1.82, 2.24) is 9.80 Å². The van der Waals surface area contributed by atoms with E-state index in [1.165, 1.54) is 25.0 Å². The van der Waals surface area contributed by atoms with Gasteiger partial charge in [-0.3, -0.25) is 4.90 Å². The lowest BCUT2D eigenvalue weighted by molar-refractivity contribution is 0.0721. The molecule has 1 saturated heterocycles. The quantitative estimate of drug-likeness (QED) is 0.901. The van der Waals surface area contributed by atoms with Gasteiger partial charge in [-0.2, -0.15) is 0 Å². The summed E-state index contributed by atoms with van der Waals surface area (Å²) in [6.07, 6.45) is 1.84. The molecule has 2 unspecified atom stereocenters. The Hall–Kier alpha value is -0.970. The number of hydrogen-bond acceptors (Lipinski definition) is 3. The minimum Gasteiger partial charge on any atom is -0.387 e. The number of rotatable bonds is 4. The third-order valence-electron chi connectivity index (χ3n) is 3.90. The Bertz CT molecular complexity index is 394. The predicted octanol–water partition coefficient (Wildman–Crippen LogP) is 1.89. The molecule has 1 N–H and O–H groups in total. The molecule has 3 nitrogen and oxygen atoms in total. The third kappa shape index (κ3) is 4.00. The van der Waals surface area contributed by atoms with Crippen molar-refractivity contribution in [1.29, 1.82) is 0 Å². The van der Waals surface area contributed by atoms with Gasteiger partial charge in [0, 0.05) is 19.1 Å². The van der Waals surface area contributed by atoms with E-state index in [0.717, 1.165) is 18.7 Å². The molecule has 0 aliphatic carbocycles. The summed E-state index contributed by atoms with van der Waals surface area (Å²) in [6, 6.07) is 6.68. The number of halogens is 1. The minimum atomic E-state index is -0.540. The minimum absolute atomic E-state index is 0.262. The topological polar surface area (TPSA) is 26.7 Å². The molecule has 0 spiro atoms. The first-order valence-corrected chi connectivity index (χ1v) is 6.88. The van der Waals surface area contributed by atoms with E-state index < -0.39 is 6.10 Å². The van der Waals surface area contributed by atoms with Gasteiger partial charge in [-0.25, -0.2) is 4.39 Å². The van der Waals surface area contributed by atoms with Gasteiger partial charge in [-0.05, 0) is 51.2 Å². The smallest absolute Gasteiger partial charge is 0.123 e. The van der Waals surface area contributed by atoms with Crippen molar-refractivity contribution in [2.24, 2.45) is 0 Å². The number of piperidine rings is 1. The van der Waals surface area contributed by atoms with Crippen LogP contribution in [0.1, 0.15) is 24.5 Å². The van der Waals surface area contributed by atoms with E-state index in [4.69, 9.17) is 0 Å². The molecule has 0 bridgehead atoms. The molecule has 2 rings (SSSR count). The Morgan fingerprint density at radius 3 is 2.68 bits per heavy atom. The van der Waals surface area contributed by atoms with E-state index in [2.05, 4.69) is 23.9 Å². The van der Waals surface area contributed by atoms with Gasteiger partial charge in [0.1, 0.15) is 5.82 Å². The van der Waals surface area contributed by atoms with Crippen LogP contribution >= 0.6 is 0 Å². The number of hydrogen-bond donors (Lipinski definition) is 1. The standard InChI is InChI=1S/C15H23FN2O/c1-17(2)14-4-3-9-18(10-14)11-15(19)12-5-7-13(16)8-6-12/h5-8,14-15,19H,3-4,9-11H2,1-2H3. The van der Waals surface area contributed by atoms with Gasteiger partial charge in [-0.1, -0.05) is 12.1 Å². The van der Waals surface area contributed by atoms with Gasteiger partial charge in [0.25, 0.3) is 0 Å². The molecule has 1 fully saturated rings. The fourth-order valence-electron chi connectivity index (χ4n) is 2.65. The highest BCUT2D eigenvalue weighted by atomic mass is 19.1. The second-order valence-electron chi connectivity index (χ2n) is 5.59. The lowest BCUT2D eigenvalue weighted by Gasteiger charge is -2.37. The van der Waals surface area contributed by atoms with Crippen LogP contribution in [0.5, 0.6) is 0 Å². The van der Waals surface area contributed by atoms with Crippen LogP contribution in [0.2, 0.25) is 0 Å². The largest absolute Gasteiger partial charge is 0.387 e. The van der Waals surface area contributed by atoms with Gasteiger partial charge in [0.05, 0.1) is 6.10 Å². The number of likely N-dealkylation sites (N-methyl/N-ethyl adjacent to an activating group) is 1. The zero-order valence-corrected chi connectivity index (χ0v) is 11.7. The Morgan fingerprint density at radius 2 is 2.05 bits per heavy atom. The van der Waals surface area contributed by atoms with Crippen molar-refractivity contribution in [3.8, 4) is 0 Å². The molecular weight excluding hydrogens is 243 g/mol. The van der Waals surface area contributed by atoms with E-state index in [1.54, 1.807) is 12.1 Å². The van der Waals surface area contributed by atoms with E-state index in [1.807, 2.05) is 0 Å². The molecule has 1 aromatic rings. The first kappa shape index (κ1) is 14.4. The Morgan fingerprint density at radius 1 is 1.37 bits per heavy atom. The van der Waals surface area contributed by atoms with Crippen LogP contribution in [0.4, 0.5) is 4.39 Å². The number of likely N-dealkylation sites (tertiary alicyclic amines) is 1. The summed E-state index contributed by atoms with van der Waals surface area (Å²) in [5.74, 6) is -0.262. The summed E-state index contributed by atoms with van der Waals surface area (Å²) in [5.41, 5.74) is 0.786. The monoisotopic (exact) mass is 266 g/mol. The first-order valence-electron chi connectivity index (χ1n) is 6.88. The third-order valence-corrected chi connectivity index (χ3v) is 3.90. The molecule has 0 amide bonds. The normalized spacial score (nSPS) is 22.7. The summed E-state index contributed by atoms with van der Waals surface area (Å²) >= 11 is 0. The zero-order chi connectivity index (χ0) is 13.8. The number of nitrogens with zero attached hydrogens (tertiary/aromatic N) is 2. The maximum atomic E-state index is 12.9. The average molecular weight is 266 g/mol. The van der Waals surface area contributed by atoms with Crippen LogP contribution in [-0.4, -0.2) is 54.7 Å². The molecule has 0 radical (unpaired) electrons. The molecule has 2 atom stereocenters. The average Bonchev–Trinajstić information content (AvgIpc) is 2.39. The van der Waals surface area contributed by atoms with Gasteiger partial charge in [0.2, 0.25) is 0 Å². The van der Waals surface area contributed by atoms with Gasteiger partial charge in [0.15, 0.2) is 0 Å². The van der Waals surface area contributed by atoms with Crippen LogP contribution in [0.25, 0.3) is 0 Å². The van der Waals surface area contributed by atoms with Gasteiger partial charge in [-0.15, -0.1) is 0 Å². The number of β-amino-alcohol motifs (C(OH)–C–C–N with tert-alkyl or cyclic N) is 1. The van der Waals surface area contributed by atoms with Crippen LogP contribution in [0.3, 0.4) is 0 Å². The lowest BCUT2D eigenvalue weighted by Crippen LogP contribution is -2.46. The molecule has 1 aliphatic heterocycles. The second kappa shape index (κ2) is 6.46. The molecular formula is C15H23FN2O. The fraction of sp³-hybridized carbons (Fsp3) is 0.600. The van der Waals surface area contributed by atoms with E-state index in [9.17, 15) is 9.50 Å². The van der Waals surface area contributed by atoms with E-state index >= 15 is 0 Å². The molecule has 0 aromatic heterocycles. The van der Waals surface area contributed by atoms with Crippen LogP contribution in [0.15, 0.2) is 24.3 Å². The summed E-state index contributed by atoms with van der Waals surface area (Å²) in [6.45, 7) is 2.64. The van der Waals surface area contributed by atoms with Gasteiger partial charge >= 0.3 is 0 Å². The second-order valence-corrected chi connectivity index (χ2v) is 5.59. The highest BCUT2D eigenvalue weighted by Crippen LogP contribution is 2.19. The van der Waals surface area contributed by atoms with Crippen molar-refractivity contribution in [3.05, 3.63) is 35.6 Å². The van der Waals surface area contributed by atoms with Crippen molar-refractivity contribution in [2.75, 3.05) is 33.7 Å². The number of aliphatic hydroxyl groups is 1. The Labute approximate surface area is 114 Å². The van der Waals surface area contributed by atoms with Gasteiger partial charge < -0.3 is 10.0 Å². The molecule has 1 aliphatic rings. The number of aliphatic hydroxyl groups excluding tert-OH is 1. The maximum Gasteiger partial charge on any atom is 0.123 e. The highest BCUT2D eigenvalue weighted by Gasteiger charge is 2.23. The summed E-state index contributed by atoms with van der Waals surface area (Å²) in [5, 5.41) is 10.2. The van der Waals surface area contributed by atoms with Crippen molar-refractivity contribution in [2.45, 2.75) is 25.0 Å². The summed E-state index contributed by atoms with van der Waals surface area (Å²) in [7, 11) is 4.20. The Balaban J connectivity index is 1.91. The summed E-state index contributed by atoms with van der Waals surface area (Å²) < 4.78 is 12.9. The van der Waals surface area contributed by atoms with Crippen molar-refractivity contribution in [3.63, 3.8) is 0 Å². The molecule has 1 aromatic carbocycles. The predicted molar refractivity (Wildman–Crippen MR) is 74.5 cm³/mol. The van der Waals surface area contributed by atoms with Crippen LogP contribution < -0.4 is 0 Å². The Kier molecular flexibility index (Phi) is 4.91.